The zero-order valence-corrected chi connectivity index (χ0v) is 10.5. The van der Waals surface area contributed by atoms with Crippen molar-refractivity contribution in [1.29, 1.82) is 0 Å². The van der Waals surface area contributed by atoms with Crippen LogP contribution in [-0.2, 0) is 5.60 Å². The van der Waals surface area contributed by atoms with Crippen molar-refractivity contribution < 1.29 is 9.50 Å². The van der Waals surface area contributed by atoms with Crippen LogP contribution in [-0.4, -0.2) is 5.11 Å². The molecule has 0 saturated heterocycles. The molecule has 0 aliphatic heterocycles. The first-order chi connectivity index (χ1) is 8.66. The van der Waals surface area contributed by atoms with E-state index in [2.05, 4.69) is 0 Å². The summed E-state index contributed by atoms with van der Waals surface area (Å²) in [7, 11) is 0. The van der Waals surface area contributed by atoms with E-state index >= 15 is 0 Å². The van der Waals surface area contributed by atoms with Crippen LogP contribution in [0.1, 0.15) is 37.7 Å². The Balaban J connectivity index is 1.76. The third-order valence-electron chi connectivity index (χ3n) is 5.69. The van der Waals surface area contributed by atoms with Gasteiger partial charge in [0.05, 0.1) is 5.60 Å². The van der Waals surface area contributed by atoms with Gasteiger partial charge < -0.3 is 5.11 Å². The molecule has 4 saturated carbocycles. The smallest absolute Gasteiger partial charge is 0.123 e. The van der Waals surface area contributed by atoms with E-state index in [1.807, 2.05) is 0 Å². The maximum atomic E-state index is 13.1. The highest BCUT2D eigenvalue weighted by atomic mass is 19.1. The first-order valence-corrected chi connectivity index (χ1v) is 7.14. The van der Waals surface area contributed by atoms with E-state index in [1.54, 1.807) is 12.1 Å². The summed E-state index contributed by atoms with van der Waals surface area (Å²) >= 11 is 0. The van der Waals surface area contributed by atoms with Crippen LogP contribution in [0.15, 0.2) is 24.3 Å². The molecule has 1 aromatic rings. The van der Waals surface area contributed by atoms with E-state index in [0.29, 0.717) is 11.8 Å². The molecule has 0 unspecified atom stereocenters. The molecule has 2 heteroatoms. The summed E-state index contributed by atoms with van der Waals surface area (Å²) in [5.74, 6) is 2.27. The zero-order valence-electron chi connectivity index (χ0n) is 10.5. The number of hydrogen-bond donors (Lipinski definition) is 1. The highest BCUT2D eigenvalue weighted by Gasteiger charge is 2.57. The van der Waals surface area contributed by atoms with E-state index in [4.69, 9.17) is 0 Å². The van der Waals surface area contributed by atoms with Crippen molar-refractivity contribution in [3.05, 3.63) is 35.6 Å². The van der Waals surface area contributed by atoms with E-state index < -0.39 is 5.60 Å². The monoisotopic (exact) mass is 246 g/mol. The molecule has 4 aliphatic rings. The highest BCUT2D eigenvalue weighted by Crippen LogP contribution is 2.61. The van der Waals surface area contributed by atoms with Gasteiger partial charge in [-0.3, -0.25) is 0 Å². The average Bonchev–Trinajstić information content (AvgIpc) is 2.35. The maximum absolute atomic E-state index is 13.1. The van der Waals surface area contributed by atoms with Gasteiger partial charge in [0, 0.05) is 0 Å². The van der Waals surface area contributed by atoms with Gasteiger partial charge in [-0.05, 0) is 73.5 Å². The molecular formula is C16H19FO. The fraction of sp³-hybridized carbons (Fsp3) is 0.625. The van der Waals surface area contributed by atoms with Crippen molar-refractivity contribution in [2.45, 2.75) is 37.7 Å². The summed E-state index contributed by atoms with van der Waals surface area (Å²) in [5, 5.41) is 11.2. The number of halogens is 1. The first-order valence-electron chi connectivity index (χ1n) is 7.14. The molecule has 18 heavy (non-hydrogen) atoms. The van der Waals surface area contributed by atoms with Gasteiger partial charge in [-0.25, -0.2) is 4.39 Å². The minimum absolute atomic E-state index is 0.217. The number of rotatable bonds is 1. The molecule has 1 N–H and O–H groups in total. The Morgan fingerprint density at radius 3 is 1.89 bits per heavy atom. The third-order valence-corrected chi connectivity index (χ3v) is 5.69. The van der Waals surface area contributed by atoms with Gasteiger partial charge in [0.2, 0.25) is 0 Å². The van der Waals surface area contributed by atoms with Crippen LogP contribution < -0.4 is 0 Å². The number of benzene rings is 1. The van der Waals surface area contributed by atoms with E-state index in [-0.39, 0.29) is 5.82 Å². The molecule has 96 valence electrons. The Morgan fingerprint density at radius 2 is 1.39 bits per heavy atom. The topological polar surface area (TPSA) is 20.2 Å². The molecule has 4 aliphatic carbocycles. The summed E-state index contributed by atoms with van der Waals surface area (Å²) in [4.78, 5) is 0. The van der Waals surface area contributed by atoms with E-state index in [9.17, 15) is 9.50 Å². The molecule has 0 radical (unpaired) electrons. The van der Waals surface area contributed by atoms with Crippen molar-refractivity contribution in [2.24, 2.45) is 23.7 Å². The van der Waals surface area contributed by atoms with Crippen molar-refractivity contribution in [3.63, 3.8) is 0 Å². The standard InChI is InChI=1S/C16H19FO/c17-15-3-1-12(2-4-15)16(18)13-6-10-5-11(8-13)9-14(16)7-10/h1-4,10-11,13-14,18H,5-9H2. The van der Waals surface area contributed by atoms with E-state index in [1.165, 1.54) is 44.2 Å². The van der Waals surface area contributed by atoms with Gasteiger partial charge in [0.1, 0.15) is 5.82 Å². The molecule has 0 heterocycles. The molecule has 1 aromatic carbocycles. The fourth-order valence-corrected chi connectivity index (χ4v) is 5.09. The van der Waals surface area contributed by atoms with Crippen LogP contribution in [0.3, 0.4) is 0 Å². The minimum Gasteiger partial charge on any atom is -0.385 e. The number of aliphatic hydroxyl groups is 1. The van der Waals surface area contributed by atoms with Crippen LogP contribution in [0.4, 0.5) is 4.39 Å². The molecule has 4 fully saturated rings. The Hall–Kier alpha value is -0.890. The molecule has 0 aromatic heterocycles. The van der Waals surface area contributed by atoms with Gasteiger partial charge in [-0.1, -0.05) is 12.1 Å². The van der Waals surface area contributed by atoms with Gasteiger partial charge in [0.15, 0.2) is 0 Å². The molecule has 4 bridgehead atoms. The second kappa shape index (κ2) is 3.57. The first kappa shape index (κ1) is 11.0. The van der Waals surface area contributed by atoms with E-state index in [0.717, 1.165) is 17.4 Å². The summed E-state index contributed by atoms with van der Waals surface area (Å²) in [5.41, 5.74) is 0.263. The summed E-state index contributed by atoms with van der Waals surface area (Å²) in [6, 6.07) is 6.55. The van der Waals surface area contributed by atoms with Gasteiger partial charge in [0.25, 0.3) is 0 Å². The normalized spacial score (nSPS) is 45.4. The van der Waals surface area contributed by atoms with Crippen LogP contribution >= 0.6 is 0 Å². The molecule has 5 rings (SSSR count). The number of hydrogen-bond acceptors (Lipinski definition) is 1. The Bertz CT molecular complexity index is 436. The zero-order chi connectivity index (χ0) is 12.3. The largest absolute Gasteiger partial charge is 0.385 e. The van der Waals surface area contributed by atoms with Crippen molar-refractivity contribution in [2.75, 3.05) is 0 Å². The lowest BCUT2D eigenvalue weighted by Gasteiger charge is -2.59. The predicted octanol–water partition coefficient (Wildman–Crippen LogP) is 3.47. The van der Waals surface area contributed by atoms with Crippen molar-refractivity contribution in [1.82, 2.24) is 0 Å². The maximum Gasteiger partial charge on any atom is 0.123 e. The van der Waals surface area contributed by atoms with Crippen molar-refractivity contribution >= 4 is 0 Å². The third kappa shape index (κ3) is 1.36. The van der Waals surface area contributed by atoms with Crippen LogP contribution in [0.5, 0.6) is 0 Å². The molecule has 0 spiro atoms. The Kier molecular flexibility index (Phi) is 2.18. The summed E-state index contributed by atoms with van der Waals surface area (Å²) < 4.78 is 13.1. The second-order valence-corrected chi connectivity index (χ2v) is 6.64. The van der Waals surface area contributed by atoms with Crippen molar-refractivity contribution in [3.8, 4) is 0 Å². The predicted molar refractivity (Wildman–Crippen MR) is 67.3 cm³/mol. The molecular weight excluding hydrogens is 227 g/mol. The summed E-state index contributed by atoms with van der Waals surface area (Å²) in [6.07, 6.45) is 6.05. The molecule has 0 amide bonds. The second-order valence-electron chi connectivity index (χ2n) is 6.64. The van der Waals surface area contributed by atoms with Gasteiger partial charge in [-0.15, -0.1) is 0 Å². The summed E-state index contributed by atoms with van der Waals surface area (Å²) in [6.45, 7) is 0. The lowest BCUT2D eigenvalue weighted by molar-refractivity contribution is -0.179. The Morgan fingerprint density at radius 1 is 0.889 bits per heavy atom. The van der Waals surface area contributed by atoms with Crippen LogP contribution in [0, 0.1) is 29.5 Å². The quantitative estimate of drug-likeness (QED) is 0.804. The van der Waals surface area contributed by atoms with Gasteiger partial charge >= 0.3 is 0 Å². The molecule has 0 atom stereocenters. The average molecular weight is 246 g/mol. The van der Waals surface area contributed by atoms with Gasteiger partial charge in [-0.2, -0.15) is 0 Å². The minimum atomic E-state index is -0.679. The highest BCUT2D eigenvalue weighted by molar-refractivity contribution is 5.28. The molecule has 1 nitrogen and oxygen atoms in total. The lowest BCUT2D eigenvalue weighted by atomic mass is 9.48. The SMILES string of the molecule is OC1(c2ccc(F)cc2)C2CC3CC(C2)CC1C3. The Labute approximate surface area is 107 Å². The fourth-order valence-electron chi connectivity index (χ4n) is 5.09. The lowest BCUT2D eigenvalue weighted by Crippen LogP contribution is -2.55. The van der Waals surface area contributed by atoms with Crippen LogP contribution in [0.25, 0.3) is 0 Å². The van der Waals surface area contributed by atoms with Crippen LogP contribution in [0.2, 0.25) is 0 Å².